The zero-order valence-electron chi connectivity index (χ0n) is 15.7. The number of hydrogen-bond donors (Lipinski definition) is 3. The maximum Gasteiger partial charge on any atom is 0.294 e. The Morgan fingerprint density at radius 2 is 2.21 bits per heavy atom. The summed E-state index contributed by atoms with van der Waals surface area (Å²) >= 11 is 6.41. The minimum absolute atomic E-state index is 0.172. The van der Waals surface area contributed by atoms with E-state index >= 15 is 0 Å². The number of anilines is 1. The molecule has 1 atom stereocenters. The maximum atomic E-state index is 13.1. The fourth-order valence-corrected chi connectivity index (χ4v) is 5.37. The van der Waals surface area contributed by atoms with Crippen LogP contribution in [-0.4, -0.2) is 25.4 Å². The highest BCUT2D eigenvalue weighted by molar-refractivity contribution is 6.30. The van der Waals surface area contributed by atoms with Gasteiger partial charge in [-0.2, -0.15) is 0 Å². The quantitative estimate of drug-likeness (QED) is 0.610. The fraction of sp³-hybridized carbons (Fsp3) is 0.400. The average molecular weight is 413 g/mol. The molecule has 8 nitrogen and oxygen atoms in total. The van der Waals surface area contributed by atoms with E-state index in [1.165, 1.54) is 4.57 Å². The molecule has 1 aliphatic carbocycles. The van der Waals surface area contributed by atoms with Gasteiger partial charge in [-0.3, -0.25) is 19.1 Å². The molecule has 3 aromatic rings. The summed E-state index contributed by atoms with van der Waals surface area (Å²) in [6.07, 6.45) is 7.93. The number of nitrogen functional groups attached to an aromatic ring is 1. The molecule has 0 aromatic carbocycles. The molecule has 3 aromatic heterocycles. The standard InChI is InChI=1S/C20H21ClN6O2/c21-16-15-20(4-1-2-5-20)8-14(27(15)19(29)17(22)26-16)18(28)24-10-12-7-11-9-23-6-3-13(11)25-12/h3,6-7,9,14,25H,1-2,4-5,8,10H2,(H2,22,26)(H,24,28). The van der Waals surface area contributed by atoms with Crippen molar-refractivity contribution >= 4 is 34.2 Å². The van der Waals surface area contributed by atoms with E-state index in [4.69, 9.17) is 17.3 Å². The van der Waals surface area contributed by atoms with Crippen molar-refractivity contribution < 1.29 is 4.79 Å². The molecule has 1 unspecified atom stereocenters. The summed E-state index contributed by atoms with van der Waals surface area (Å²) in [5.41, 5.74) is 7.57. The summed E-state index contributed by atoms with van der Waals surface area (Å²) in [5, 5.41) is 4.18. The Morgan fingerprint density at radius 1 is 1.41 bits per heavy atom. The van der Waals surface area contributed by atoms with Crippen molar-refractivity contribution in [2.45, 2.75) is 50.1 Å². The number of hydrogen-bond acceptors (Lipinski definition) is 5. The van der Waals surface area contributed by atoms with E-state index in [9.17, 15) is 9.59 Å². The molecular weight excluding hydrogens is 392 g/mol. The molecule has 150 valence electrons. The summed E-state index contributed by atoms with van der Waals surface area (Å²) in [4.78, 5) is 37.3. The lowest BCUT2D eigenvalue weighted by Gasteiger charge is -2.23. The van der Waals surface area contributed by atoms with E-state index in [2.05, 4.69) is 20.3 Å². The van der Waals surface area contributed by atoms with Crippen LogP contribution in [0.5, 0.6) is 0 Å². The van der Waals surface area contributed by atoms with Crippen LogP contribution in [0.2, 0.25) is 5.15 Å². The number of pyridine rings is 1. The lowest BCUT2D eigenvalue weighted by molar-refractivity contribution is -0.124. The van der Waals surface area contributed by atoms with Gasteiger partial charge in [0.25, 0.3) is 5.56 Å². The molecule has 9 heteroatoms. The molecule has 2 aliphatic rings. The van der Waals surface area contributed by atoms with E-state index in [1.54, 1.807) is 12.4 Å². The van der Waals surface area contributed by atoms with Crippen LogP contribution in [0.3, 0.4) is 0 Å². The third-order valence-corrected chi connectivity index (χ3v) is 6.55. The van der Waals surface area contributed by atoms with Crippen LogP contribution in [-0.2, 0) is 16.8 Å². The molecule has 1 amide bonds. The molecule has 0 radical (unpaired) electrons. The van der Waals surface area contributed by atoms with Gasteiger partial charge in [-0.1, -0.05) is 24.4 Å². The number of nitrogens with zero attached hydrogens (tertiary/aromatic N) is 3. The summed E-state index contributed by atoms with van der Waals surface area (Å²) in [6.45, 7) is 0.329. The predicted molar refractivity (Wildman–Crippen MR) is 110 cm³/mol. The SMILES string of the molecule is Nc1nc(Cl)c2n(c1=O)C(C(=O)NCc1cc3cnccc3[nH]1)CC21CCCC1. The van der Waals surface area contributed by atoms with Crippen LogP contribution in [0.4, 0.5) is 5.82 Å². The van der Waals surface area contributed by atoms with Crippen molar-refractivity contribution in [2.75, 3.05) is 5.73 Å². The number of nitrogens with two attached hydrogens (primary N) is 1. The third-order valence-electron chi connectivity index (χ3n) is 6.28. The Bertz CT molecular complexity index is 1140. The molecule has 0 bridgehead atoms. The van der Waals surface area contributed by atoms with Crippen molar-refractivity contribution in [3.8, 4) is 0 Å². The number of fused-ring (bicyclic) bond motifs is 3. The second-order valence-electron chi connectivity index (χ2n) is 7.99. The minimum Gasteiger partial charge on any atom is -0.379 e. The van der Waals surface area contributed by atoms with Crippen molar-refractivity contribution in [2.24, 2.45) is 0 Å². The minimum atomic E-state index is -0.635. The number of rotatable bonds is 3. The van der Waals surface area contributed by atoms with E-state index in [0.29, 0.717) is 18.7 Å². The molecule has 1 aliphatic heterocycles. The molecular formula is C20H21ClN6O2. The highest BCUT2D eigenvalue weighted by atomic mass is 35.5. The van der Waals surface area contributed by atoms with Gasteiger partial charge >= 0.3 is 0 Å². The first-order valence-electron chi connectivity index (χ1n) is 9.76. The molecule has 29 heavy (non-hydrogen) atoms. The van der Waals surface area contributed by atoms with Gasteiger partial charge < -0.3 is 16.0 Å². The Kier molecular flexibility index (Phi) is 4.13. The van der Waals surface area contributed by atoms with Crippen LogP contribution in [0, 0.1) is 0 Å². The highest BCUT2D eigenvalue weighted by Gasteiger charge is 2.50. The van der Waals surface area contributed by atoms with E-state index < -0.39 is 11.6 Å². The van der Waals surface area contributed by atoms with Crippen molar-refractivity contribution in [3.05, 3.63) is 51.4 Å². The summed E-state index contributed by atoms with van der Waals surface area (Å²) < 4.78 is 1.49. The average Bonchev–Trinajstić information content (AvgIpc) is 3.42. The molecule has 0 saturated heterocycles. The van der Waals surface area contributed by atoms with E-state index in [1.807, 2.05) is 12.1 Å². The van der Waals surface area contributed by atoms with Gasteiger partial charge in [0.1, 0.15) is 6.04 Å². The first-order chi connectivity index (χ1) is 14.0. The number of aromatic amines is 1. The molecule has 1 saturated carbocycles. The zero-order valence-corrected chi connectivity index (χ0v) is 16.5. The zero-order chi connectivity index (χ0) is 20.2. The van der Waals surface area contributed by atoms with E-state index in [0.717, 1.165) is 42.3 Å². The normalized spacial score (nSPS) is 19.7. The van der Waals surface area contributed by atoms with Gasteiger partial charge in [0, 0.05) is 34.4 Å². The molecule has 1 spiro atoms. The molecule has 4 N–H and O–H groups in total. The van der Waals surface area contributed by atoms with Crippen LogP contribution in [0.1, 0.15) is 49.5 Å². The van der Waals surface area contributed by atoms with Crippen LogP contribution >= 0.6 is 11.6 Å². The number of carbonyl (C=O) groups is 1. The first kappa shape index (κ1) is 18.2. The summed E-state index contributed by atoms with van der Waals surface area (Å²) in [7, 11) is 0. The molecule has 1 fully saturated rings. The monoisotopic (exact) mass is 412 g/mol. The van der Waals surface area contributed by atoms with Gasteiger partial charge in [0.15, 0.2) is 11.0 Å². The first-order valence-corrected chi connectivity index (χ1v) is 10.1. The number of H-pyrrole nitrogens is 1. The summed E-state index contributed by atoms with van der Waals surface area (Å²) in [6, 6.07) is 3.20. The smallest absolute Gasteiger partial charge is 0.294 e. The Hall–Kier alpha value is -2.87. The van der Waals surface area contributed by atoms with Gasteiger partial charge in [0.2, 0.25) is 5.91 Å². The number of nitrogens with one attached hydrogen (secondary N) is 2. The number of aromatic nitrogens is 4. The Labute approximate surface area is 171 Å². The molecule has 4 heterocycles. The van der Waals surface area contributed by atoms with E-state index in [-0.39, 0.29) is 22.3 Å². The Morgan fingerprint density at radius 3 is 2.97 bits per heavy atom. The van der Waals surface area contributed by atoms with Gasteiger partial charge in [-0.05, 0) is 31.4 Å². The van der Waals surface area contributed by atoms with Crippen molar-refractivity contribution in [1.82, 2.24) is 24.8 Å². The van der Waals surface area contributed by atoms with Crippen molar-refractivity contribution in [3.63, 3.8) is 0 Å². The fourth-order valence-electron chi connectivity index (χ4n) is 4.99. The number of amides is 1. The Balaban J connectivity index is 1.45. The predicted octanol–water partition coefficient (Wildman–Crippen LogP) is 2.43. The van der Waals surface area contributed by atoms with Crippen LogP contribution in [0.15, 0.2) is 29.3 Å². The number of halogens is 1. The third kappa shape index (κ3) is 2.81. The van der Waals surface area contributed by atoms with Gasteiger partial charge in [-0.25, -0.2) is 4.98 Å². The second kappa shape index (κ2) is 6.59. The lowest BCUT2D eigenvalue weighted by atomic mass is 9.80. The van der Waals surface area contributed by atoms with Crippen molar-refractivity contribution in [1.29, 1.82) is 0 Å². The number of carbonyl (C=O) groups excluding carboxylic acids is 1. The summed E-state index contributed by atoms with van der Waals surface area (Å²) in [5.74, 6) is -0.384. The maximum absolute atomic E-state index is 13.1. The highest BCUT2D eigenvalue weighted by Crippen LogP contribution is 2.52. The van der Waals surface area contributed by atoms with Gasteiger partial charge in [0.05, 0.1) is 12.2 Å². The second-order valence-corrected chi connectivity index (χ2v) is 8.35. The largest absolute Gasteiger partial charge is 0.379 e. The van der Waals surface area contributed by atoms with Gasteiger partial charge in [-0.15, -0.1) is 0 Å². The molecule has 5 rings (SSSR count). The van der Waals surface area contributed by atoms with Crippen LogP contribution in [0.25, 0.3) is 10.9 Å². The topological polar surface area (TPSA) is 119 Å². The lowest BCUT2D eigenvalue weighted by Crippen LogP contribution is -2.36. The van der Waals surface area contributed by atoms with Crippen LogP contribution < -0.4 is 16.6 Å².